The van der Waals surface area contributed by atoms with Crippen molar-refractivity contribution in [3.63, 3.8) is 0 Å². The van der Waals surface area contributed by atoms with E-state index in [1.165, 1.54) is 5.56 Å². The molecule has 0 saturated heterocycles. The fraction of sp³-hybridized carbons (Fsp3) is 0.357. The van der Waals surface area contributed by atoms with Gasteiger partial charge in [-0.05, 0) is 18.4 Å². The molecule has 0 saturated carbocycles. The number of sulfonamides is 1. The van der Waals surface area contributed by atoms with Crippen molar-refractivity contribution in [1.29, 1.82) is 0 Å². The van der Waals surface area contributed by atoms with Crippen LogP contribution >= 0.6 is 11.3 Å². The summed E-state index contributed by atoms with van der Waals surface area (Å²) in [5, 5.41) is 2.85. The fourth-order valence-electron chi connectivity index (χ4n) is 1.87. The van der Waals surface area contributed by atoms with Gasteiger partial charge in [0.1, 0.15) is 0 Å². The molecule has 0 aliphatic rings. The first-order chi connectivity index (χ1) is 9.66. The topological polar surface area (TPSA) is 59.1 Å². The van der Waals surface area contributed by atoms with Gasteiger partial charge >= 0.3 is 0 Å². The molecule has 6 heteroatoms. The second kappa shape index (κ2) is 7.52. The van der Waals surface area contributed by atoms with Crippen molar-refractivity contribution >= 4 is 21.4 Å². The van der Waals surface area contributed by atoms with E-state index in [2.05, 4.69) is 9.71 Å². The normalized spacial score (nSPS) is 11.6. The van der Waals surface area contributed by atoms with E-state index in [0.717, 1.165) is 11.4 Å². The maximum atomic E-state index is 11.8. The highest BCUT2D eigenvalue weighted by Gasteiger charge is 2.09. The summed E-state index contributed by atoms with van der Waals surface area (Å²) < 4.78 is 26.3. The predicted octanol–water partition coefficient (Wildman–Crippen LogP) is 2.24. The van der Waals surface area contributed by atoms with Gasteiger partial charge in [-0.25, -0.2) is 18.1 Å². The summed E-state index contributed by atoms with van der Waals surface area (Å²) in [6.07, 6.45) is 3.80. The molecule has 0 amide bonds. The van der Waals surface area contributed by atoms with Crippen LogP contribution in [0, 0.1) is 0 Å². The van der Waals surface area contributed by atoms with Crippen LogP contribution in [0.1, 0.15) is 17.0 Å². The number of hydrogen-bond donors (Lipinski definition) is 1. The Kier molecular flexibility index (Phi) is 5.70. The summed E-state index contributed by atoms with van der Waals surface area (Å²) in [7, 11) is -3.18. The lowest BCUT2D eigenvalue weighted by atomic mass is 10.1. The lowest BCUT2D eigenvalue weighted by Gasteiger charge is -2.06. The molecule has 1 aromatic carbocycles. The van der Waals surface area contributed by atoms with Gasteiger partial charge in [0.15, 0.2) is 0 Å². The Balaban J connectivity index is 1.68. The van der Waals surface area contributed by atoms with Gasteiger partial charge in [-0.1, -0.05) is 30.3 Å². The number of rotatable bonds is 8. The smallest absolute Gasteiger partial charge is 0.211 e. The molecule has 1 N–H and O–H groups in total. The summed E-state index contributed by atoms with van der Waals surface area (Å²) in [5.74, 6) is 0.166. The molecule has 0 radical (unpaired) electrons. The Morgan fingerprint density at radius 3 is 2.65 bits per heavy atom. The number of aryl methyl sites for hydroxylation is 1. The summed E-state index contributed by atoms with van der Waals surface area (Å²) in [4.78, 5) is 4.12. The maximum absolute atomic E-state index is 11.8. The van der Waals surface area contributed by atoms with Crippen LogP contribution in [-0.4, -0.2) is 25.7 Å². The van der Waals surface area contributed by atoms with Gasteiger partial charge in [-0.3, -0.25) is 0 Å². The van der Waals surface area contributed by atoms with Crippen molar-refractivity contribution in [2.45, 2.75) is 19.3 Å². The molecular formula is C14H18N2O2S2. The molecule has 108 valence electrons. The van der Waals surface area contributed by atoms with Gasteiger partial charge in [0.05, 0.1) is 10.8 Å². The summed E-state index contributed by atoms with van der Waals surface area (Å²) in [6, 6.07) is 9.93. The quantitative estimate of drug-likeness (QED) is 0.813. The zero-order valence-corrected chi connectivity index (χ0v) is 12.8. The zero-order valence-electron chi connectivity index (χ0n) is 11.2. The van der Waals surface area contributed by atoms with Gasteiger partial charge in [0.25, 0.3) is 0 Å². The minimum Gasteiger partial charge on any atom is -0.250 e. The van der Waals surface area contributed by atoms with Crippen molar-refractivity contribution < 1.29 is 8.42 Å². The van der Waals surface area contributed by atoms with Gasteiger partial charge in [-0.15, -0.1) is 11.3 Å². The van der Waals surface area contributed by atoms with E-state index in [0.29, 0.717) is 19.4 Å². The fourth-order valence-corrected chi connectivity index (χ4v) is 3.58. The molecule has 1 heterocycles. The van der Waals surface area contributed by atoms with Crippen LogP contribution in [0.3, 0.4) is 0 Å². The highest BCUT2D eigenvalue weighted by molar-refractivity contribution is 7.89. The lowest BCUT2D eigenvalue weighted by molar-refractivity contribution is 0.579. The van der Waals surface area contributed by atoms with Gasteiger partial charge in [-0.2, -0.15) is 0 Å². The Morgan fingerprint density at radius 2 is 1.95 bits per heavy atom. The SMILES string of the molecule is O=S(=O)(CCCc1ccccc1)NCCc1nccs1. The van der Waals surface area contributed by atoms with Crippen molar-refractivity contribution in [3.8, 4) is 0 Å². The third-order valence-corrected chi connectivity index (χ3v) is 5.18. The Labute approximate surface area is 123 Å². The second-order valence-corrected chi connectivity index (χ2v) is 7.38. The first-order valence-electron chi connectivity index (χ1n) is 6.55. The minimum atomic E-state index is -3.18. The van der Waals surface area contributed by atoms with E-state index in [1.54, 1.807) is 17.5 Å². The molecule has 0 unspecified atom stereocenters. The molecule has 0 spiro atoms. The second-order valence-electron chi connectivity index (χ2n) is 4.48. The minimum absolute atomic E-state index is 0.166. The van der Waals surface area contributed by atoms with Crippen molar-refractivity contribution in [2.24, 2.45) is 0 Å². The highest BCUT2D eigenvalue weighted by atomic mass is 32.2. The van der Waals surface area contributed by atoms with Gasteiger partial charge < -0.3 is 0 Å². The maximum Gasteiger partial charge on any atom is 0.211 e. The van der Waals surface area contributed by atoms with Crippen molar-refractivity contribution in [2.75, 3.05) is 12.3 Å². The first kappa shape index (κ1) is 15.2. The first-order valence-corrected chi connectivity index (χ1v) is 9.08. The molecule has 1 aromatic heterocycles. The van der Waals surface area contributed by atoms with Crippen LogP contribution in [-0.2, 0) is 22.9 Å². The molecule has 0 aliphatic heterocycles. The number of aromatic nitrogens is 1. The highest BCUT2D eigenvalue weighted by Crippen LogP contribution is 2.05. The molecule has 0 fully saturated rings. The molecule has 20 heavy (non-hydrogen) atoms. The summed E-state index contributed by atoms with van der Waals surface area (Å²) in [6.45, 7) is 0.418. The van der Waals surface area contributed by atoms with Crippen LogP contribution < -0.4 is 4.72 Å². The Hall–Kier alpha value is -1.24. The van der Waals surface area contributed by atoms with Crippen molar-refractivity contribution in [3.05, 3.63) is 52.5 Å². The summed E-state index contributed by atoms with van der Waals surface area (Å²) >= 11 is 1.54. The Bertz CT molecular complexity index is 595. The third kappa shape index (κ3) is 5.40. The summed E-state index contributed by atoms with van der Waals surface area (Å²) in [5.41, 5.74) is 1.17. The number of thiazole rings is 1. The van der Waals surface area contributed by atoms with E-state index in [-0.39, 0.29) is 5.75 Å². The molecule has 0 atom stereocenters. The molecule has 4 nitrogen and oxygen atoms in total. The standard InChI is InChI=1S/C14H18N2O2S2/c17-20(18,16-9-8-14-15-10-11-19-14)12-4-7-13-5-2-1-3-6-13/h1-3,5-6,10-11,16H,4,7-9,12H2. The molecule has 0 bridgehead atoms. The largest absolute Gasteiger partial charge is 0.250 e. The van der Waals surface area contributed by atoms with E-state index >= 15 is 0 Å². The number of nitrogens with zero attached hydrogens (tertiary/aromatic N) is 1. The lowest BCUT2D eigenvalue weighted by Crippen LogP contribution is -2.28. The molecular weight excluding hydrogens is 292 g/mol. The molecule has 0 aliphatic carbocycles. The van der Waals surface area contributed by atoms with E-state index in [9.17, 15) is 8.42 Å². The van der Waals surface area contributed by atoms with Crippen molar-refractivity contribution in [1.82, 2.24) is 9.71 Å². The predicted molar refractivity (Wildman–Crippen MR) is 82.4 cm³/mol. The average Bonchev–Trinajstić information content (AvgIpc) is 2.93. The molecule has 2 rings (SSSR count). The van der Waals surface area contributed by atoms with Crippen LogP contribution in [0.5, 0.6) is 0 Å². The average molecular weight is 310 g/mol. The van der Waals surface area contributed by atoms with Gasteiger partial charge in [0.2, 0.25) is 10.0 Å². The van der Waals surface area contributed by atoms with Crippen LogP contribution in [0.4, 0.5) is 0 Å². The van der Waals surface area contributed by atoms with Crippen LogP contribution in [0.2, 0.25) is 0 Å². The third-order valence-electron chi connectivity index (χ3n) is 2.87. The number of hydrogen-bond acceptors (Lipinski definition) is 4. The van der Waals surface area contributed by atoms with Crippen LogP contribution in [0.25, 0.3) is 0 Å². The van der Waals surface area contributed by atoms with E-state index in [4.69, 9.17) is 0 Å². The number of nitrogens with one attached hydrogen (secondary N) is 1. The van der Waals surface area contributed by atoms with E-state index in [1.807, 2.05) is 35.7 Å². The monoisotopic (exact) mass is 310 g/mol. The van der Waals surface area contributed by atoms with Crippen LogP contribution in [0.15, 0.2) is 41.9 Å². The molecule has 2 aromatic rings. The van der Waals surface area contributed by atoms with E-state index < -0.39 is 10.0 Å². The number of benzene rings is 1. The zero-order chi connectivity index (χ0) is 14.3. The van der Waals surface area contributed by atoms with Gasteiger partial charge in [0, 0.05) is 24.5 Å². The Morgan fingerprint density at radius 1 is 1.15 bits per heavy atom.